The Morgan fingerprint density at radius 1 is 1.36 bits per heavy atom. The number of hydrogen-bond donors (Lipinski definition) is 1. The summed E-state index contributed by atoms with van der Waals surface area (Å²) in [5, 5.41) is 13.6. The maximum Gasteiger partial charge on any atom is 0.138 e. The fraction of sp³-hybridized carbons (Fsp3) is 0.200. The lowest BCUT2D eigenvalue weighted by molar-refractivity contribution is 0.199. The lowest BCUT2D eigenvalue weighted by atomic mass is 10.1. The molecule has 72 valence electrons. The second kappa shape index (κ2) is 3.59. The summed E-state index contributed by atoms with van der Waals surface area (Å²) in [6.45, 7) is 1.73. The Balaban J connectivity index is 2.53. The van der Waals surface area contributed by atoms with Crippen molar-refractivity contribution in [3.05, 3.63) is 42.5 Å². The minimum absolute atomic E-state index is 0.504. The van der Waals surface area contributed by atoms with E-state index in [4.69, 9.17) is 0 Å². The van der Waals surface area contributed by atoms with Gasteiger partial charge in [-0.05, 0) is 13.0 Å². The molecule has 0 spiro atoms. The van der Waals surface area contributed by atoms with Gasteiger partial charge in [-0.2, -0.15) is 5.10 Å². The van der Waals surface area contributed by atoms with Gasteiger partial charge < -0.3 is 5.11 Å². The summed E-state index contributed by atoms with van der Waals surface area (Å²) < 4.78 is 1.64. The predicted octanol–water partition coefficient (Wildman–Crippen LogP) is 1.32. The average molecular weight is 189 g/mol. The Morgan fingerprint density at radius 3 is 2.79 bits per heavy atom. The molecule has 1 heterocycles. The standard InChI is InChI=1S/C10H11N3O/c1-8(14)9-4-2-3-5-10(9)13-7-11-6-12-13/h2-8,14H,1H3/t8-/m1/s1. The zero-order valence-corrected chi connectivity index (χ0v) is 7.83. The summed E-state index contributed by atoms with van der Waals surface area (Å²) in [7, 11) is 0. The number of rotatable bonds is 2. The van der Waals surface area contributed by atoms with Crippen LogP contribution in [0.2, 0.25) is 0 Å². The third-order valence-electron chi connectivity index (χ3n) is 2.05. The highest BCUT2D eigenvalue weighted by Gasteiger charge is 2.08. The molecule has 4 heteroatoms. The van der Waals surface area contributed by atoms with Gasteiger partial charge in [0.1, 0.15) is 12.7 Å². The lowest BCUT2D eigenvalue weighted by Gasteiger charge is -2.10. The fourth-order valence-corrected chi connectivity index (χ4v) is 1.38. The molecule has 1 N–H and O–H groups in total. The average Bonchev–Trinajstić information content (AvgIpc) is 2.70. The van der Waals surface area contributed by atoms with Crippen LogP contribution in [-0.2, 0) is 0 Å². The Hall–Kier alpha value is -1.68. The van der Waals surface area contributed by atoms with Gasteiger partial charge >= 0.3 is 0 Å². The quantitative estimate of drug-likeness (QED) is 0.775. The molecule has 14 heavy (non-hydrogen) atoms. The normalized spacial score (nSPS) is 12.7. The van der Waals surface area contributed by atoms with Gasteiger partial charge in [0.05, 0.1) is 11.8 Å². The zero-order valence-electron chi connectivity index (χ0n) is 7.83. The fourth-order valence-electron chi connectivity index (χ4n) is 1.38. The van der Waals surface area contributed by atoms with Gasteiger partial charge in [-0.3, -0.25) is 0 Å². The first kappa shape index (κ1) is 8.90. The number of para-hydroxylation sites is 1. The summed E-state index contributed by atoms with van der Waals surface area (Å²) in [6, 6.07) is 7.57. The molecule has 0 radical (unpaired) electrons. The van der Waals surface area contributed by atoms with Crippen LogP contribution in [0.1, 0.15) is 18.6 Å². The van der Waals surface area contributed by atoms with Crippen LogP contribution < -0.4 is 0 Å². The topological polar surface area (TPSA) is 50.9 Å². The first-order valence-corrected chi connectivity index (χ1v) is 4.41. The van der Waals surface area contributed by atoms with Crippen LogP contribution in [0.4, 0.5) is 0 Å². The molecule has 2 rings (SSSR count). The lowest BCUT2D eigenvalue weighted by Crippen LogP contribution is -2.02. The number of aliphatic hydroxyl groups is 1. The SMILES string of the molecule is C[C@@H](O)c1ccccc1-n1cncn1. The molecule has 4 nitrogen and oxygen atoms in total. The highest BCUT2D eigenvalue weighted by atomic mass is 16.3. The number of nitrogens with zero attached hydrogens (tertiary/aromatic N) is 3. The van der Waals surface area contributed by atoms with E-state index < -0.39 is 6.10 Å². The Kier molecular flexibility index (Phi) is 2.28. The monoisotopic (exact) mass is 189 g/mol. The van der Waals surface area contributed by atoms with Crippen molar-refractivity contribution in [3.63, 3.8) is 0 Å². The third kappa shape index (κ3) is 1.52. The van der Waals surface area contributed by atoms with Crippen molar-refractivity contribution in [2.75, 3.05) is 0 Å². The Morgan fingerprint density at radius 2 is 2.14 bits per heavy atom. The molecular weight excluding hydrogens is 178 g/mol. The van der Waals surface area contributed by atoms with E-state index >= 15 is 0 Å². The molecule has 0 unspecified atom stereocenters. The molecule has 1 aromatic heterocycles. The van der Waals surface area contributed by atoms with Crippen LogP contribution in [0, 0.1) is 0 Å². The van der Waals surface area contributed by atoms with Crippen LogP contribution >= 0.6 is 0 Å². The van der Waals surface area contributed by atoms with Crippen molar-refractivity contribution < 1.29 is 5.11 Å². The van der Waals surface area contributed by atoms with E-state index in [0.29, 0.717) is 0 Å². The van der Waals surface area contributed by atoms with Gasteiger partial charge in [0.25, 0.3) is 0 Å². The van der Waals surface area contributed by atoms with Crippen LogP contribution in [0.25, 0.3) is 5.69 Å². The van der Waals surface area contributed by atoms with Gasteiger partial charge in [0, 0.05) is 5.56 Å². The number of hydrogen-bond acceptors (Lipinski definition) is 3. The molecule has 0 saturated carbocycles. The summed E-state index contributed by atoms with van der Waals surface area (Å²) in [5.41, 5.74) is 1.71. The maximum absolute atomic E-state index is 9.54. The largest absolute Gasteiger partial charge is 0.389 e. The molecule has 0 fully saturated rings. The molecule has 2 aromatic rings. The van der Waals surface area contributed by atoms with Crippen molar-refractivity contribution in [3.8, 4) is 5.69 Å². The van der Waals surface area contributed by atoms with Gasteiger partial charge in [0.2, 0.25) is 0 Å². The van der Waals surface area contributed by atoms with E-state index in [-0.39, 0.29) is 0 Å². The Bertz CT molecular complexity index is 409. The van der Waals surface area contributed by atoms with Crippen LogP contribution in [-0.4, -0.2) is 19.9 Å². The van der Waals surface area contributed by atoms with Gasteiger partial charge in [0.15, 0.2) is 0 Å². The second-order valence-electron chi connectivity index (χ2n) is 3.07. The van der Waals surface area contributed by atoms with Crippen molar-refractivity contribution in [1.29, 1.82) is 0 Å². The highest BCUT2D eigenvalue weighted by molar-refractivity contribution is 5.40. The van der Waals surface area contributed by atoms with Crippen LogP contribution in [0.15, 0.2) is 36.9 Å². The number of benzene rings is 1. The first-order chi connectivity index (χ1) is 6.79. The van der Waals surface area contributed by atoms with E-state index in [1.807, 2.05) is 24.3 Å². The van der Waals surface area contributed by atoms with Crippen molar-refractivity contribution >= 4 is 0 Å². The van der Waals surface area contributed by atoms with Gasteiger partial charge in [-0.1, -0.05) is 18.2 Å². The summed E-state index contributed by atoms with van der Waals surface area (Å²) >= 11 is 0. The molecule has 0 aliphatic heterocycles. The summed E-state index contributed by atoms with van der Waals surface area (Å²) in [4.78, 5) is 3.87. The highest BCUT2D eigenvalue weighted by Crippen LogP contribution is 2.19. The third-order valence-corrected chi connectivity index (χ3v) is 2.05. The molecule has 0 aliphatic rings. The van der Waals surface area contributed by atoms with E-state index in [0.717, 1.165) is 11.3 Å². The molecule has 1 aromatic carbocycles. The summed E-state index contributed by atoms with van der Waals surface area (Å²) in [5.74, 6) is 0. The van der Waals surface area contributed by atoms with E-state index in [1.54, 1.807) is 17.9 Å². The van der Waals surface area contributed by atoms with Crippen LogP contribution in [0.5, 0.6) is 0 Å². The summed E-state index contributed by atoms with van der Waals surface area (Å²) in [6.07, 6.45) is 2.58. The molecule has 0 aliphatic carbocycles. The maximum atomic E-state index is 9.54. The smallest absolute Gasteiger partial charge is 0.138 e. The number of aliphatic hydroxyl groups excluding tert-OH is 1. The van der Waals surface area contributed by atoms with E-state index in [2.05, 4.69) is 10.1 Å². The van der Waals surface area contributed by atoms with Crippen molar-refractivity contribution in [2.45, 2.75) is 13.0 Å². The number of aromatic nitrogens is 3. The van der Waals surface area contributed by atoms with Gasteiger partial charge in [-0.25, -0.2) is 9.67 Å². The molecule has 0 bridgehead atoms. The second-order valence-corrected chi connectivity index (χ2v) is 3.07. The Labute approximate surface area is 81.8 Å². The van der Waals surface area contributed by atoms with E-state index in [9.17, 15) is 5.11 Å². The van der Waals surface area contributed by atoms with Gasteiger partial charge in [-0.15, -0.1) is 0 Å². The minimum Gasteiger partial charge on any atom is -0.389 e. The molecular formula is C10H11N3O. The minimum atomic E-state index is -0.504. The molecule has 1 atom stereocenters. The zero-order chi connectivity index (χ0) is 9.97. The van der Waals surface area contributed by atoms with E-state index in [1.165, 1.54) is 6.33 Å². The predicted molar refractivity (Wildman–Crippen MR) is 52.0 cm³/mol. The van der Waals surface area contributed by atoms with Crippen molar-refractivity contribution in [2.24, 2.45) is 0 Å². The first-order valence-electron chi connectivity index (χ1n) is 4.41. The van der Waals surface area contributed by atoms with Crippen LogP contribution in [0.3, 0.4) is 0 Å². The molecule has 0 amide bonds. The van der Waals surface area contributed by atoms with Crippen molar-refractivity contribution in [1.82, 2.24) is 14.8 Å². The molecule has 0 saturated heterocycles.